The zero-order valence-corrected chi connectivity index (χ0v) is 13.2. The number of hydrogen-bond acceptors (Lipinski definition) is 5. The van der Waals surface area contributed by atoms with Crippen molar-refractivity contribution in [3.05, 3.63) is 33.9 Å². The highest BCUT2D eigenvalue weighted by Crippen LogP contribution is 2.24. The standard InChI is InChI=1S/C16H18FN3O4/c1-2-19-8-11(16(23)24)13(22)10-6-12(17)15(18-14(10)19)20-5-3-4-9(21)7-20/h6,8-9,21H,2-5,7H2,1H3,(H,23,24). The van der Waals surface area contributed by atoms with Gasteiger partial charge in [-0.15, -0.1) is 0 Å². The summed E-state index contributed by atoms with van der Waals surface area (Å²) in [5.74, 6) is -1.97. The van der Waals surface area contributed by atoms with Gasteiger partial charge in [-0.25, -0.2) is 14.2 Å². The lowest BCUT2D eigenvalue weighted by atomic mass is 10.1. The normalized spacial score (nSPS) is 18.1. The van der Waals surface area contributed by atoms with E-state index in [1.165, 1.54) is 10.8 Å². The number of fused-ring (bicyclic) bond motifs is 1. The first-order chi connectivity index (χ1) is 11.4. The highest BCUT2D eigenvalue weighted by Gasteiger charge is 2.24. The molecule has 0 aromatic carbocycles. The zero-order chi connectivity index (χ0) is 17.4. The van der Waals surface area contributed by atoms with Gasteiger partial charge >= 0.3 is 5.97 Å². The van der Waals surface area contributed by atoms with Crippen LogP contribution in [-0.4, -0.2) is 44.9 Å². The van der Waals surface area contributed by atoms with Crippen molar-refractivity contribution in [3.63, 3.8) is 0 Å². The SMILES string of the molecule is CCn1cc(C(=O)O)c(=O)c2cc(F)c(N3CCCC(O)C3)nc21. The van der Waals surface area contributed by atoms with Crippen molar-refractivity contribution in [2.24, 2.45) is 0 Å². The van der Waals surface area contributed by atoms with Gasteiger partial charge in [-0.1, -0.05) is 0 Å². The van der Waals surface area contributed by atoms with Crippen molar-refractivity contribution in [1.82, 2.24) is 9.55 Å². The molecule has 0 spiro atoms. The molecular weight excluding hydrogens is 317 g/mol. The van der Waals surface area contributed by atoms with E-state index in [0.29, 0.717) is 19.5 Å². The maximum absolute atomic E-state index is 14.5. The third-order valence-electron chi connectivity index (χ3n) is 4.25. The number of nitrogens with zero attached hydrogens (tertiary/aromatic N) is 3. The Morgan fingerprint density at radius 1 is 1.50 bits per heavy atom. The second-order valence-electron chi connectivity index (χ2n) is 5.87. The van der Waals surface area contributed by atoms with Gasteiger partial charge < -0.3 is 19.7 Å². The number of aryl methyl sites for hydroxylation is 1. The Bertz CT molecular complexity index is 865. The fourth-order valence-corrected chi connectivity index (χ4v) is 3.04. The molecular formula is C16H18FN3O4. The van der Waals surface area contributed by atoms with Crippen LogP contribution in [0.25, 0.3) is 11.0 Å². The summed E-state index contributed by atoms with van der Waals surface area (Å²) in [7, 11) is 0. The van der Waals surface area contributed by atoms with Gasteiger partial charge in [0.25, 0.3) is 0 Å². The number of carboxylic acid groups (broad SMARTS) is 1. The van der Waals surface area contributed by atoms with Gasteiger partial charge in [0.15, 0.2) is 11.6 Å². The van der Waals surface area contributed by atoms with E-state index in [9.17, 15) is 19.1 Å². The molecule has 1 aliphatic rings. The van der Waals surface area contributed by atoms with Gasteiger partial charge in [0.1, 0.15) is 11.2 Å². The molecule has 0 bridgehead atoms. The van der Waals surface area contributed by atoms with E-state index in [4.69, 9.17) is 5.11 Å². The number of halogens is 1. The van der Waals surface area contributed by atoms with E-state index in [2.05, 4.69) is 4.98 Å². The molecule has 8 heteroatoms. The fourth-order valence-electron chi connectivity index (χ4n) is 3.04. The molecule has 1 fully saturated rings. The first-order valence-corrected chi connectivity index (χ1v) is 7.82. The van der Waals surface area contributed by atoms with Gasteiger partial charge in [-0.3, -0.25) is 4.79 Å². The predicted octanol–water partition coefficient (Wildman–Crippen LogP) is 1.21. The first-order valence-electron chi connectivity index (χ1n) is 7.82. The van der Waals surface area contributed by atoms with Crippen LogP contribution in [0.2, 0.25) is 0 Å². The number of carboxylic acids is 1. The summed E-state index contributed by atoms with van der Waals surface area (Å²) in [6, 6.07) is 1.04. The maximum Gasteiger partial charge on any atom is 0.341 e. The molecule has 3 rings (SSSR count). The van der Waals surface area contributed by atoms with E-state index in [1.807, 2.05) is 0 Å². The fraction of sp³-hybridized carbons (Fsp3) is 0.438. The van der Waals surface area contributed by atoms with E-state index < -0.39 is 28.9 Å². The van der Waals surface area contributed by atoms with E-state index in [1.54, 1.807) is 11.8 Å². The van der Waals surface area contributed by atoms with Gasteiger partial charge in [0.2, 0.25) is 5.43 Å². The summed E-state index contributed by atoms with van der Waals surface area (Å²) in [4.78, 5) is 29.4. The van der Waals surface area contributed by atoms with Crippen LogP contribution >= 0.6 is 0 Å². The van der Waals surface area contributed by atoms with Crippen molar-refractivity contribution >= 4 is 22.8 Å². The molecule has 0 amide bonds. The number of anilines is 1. The van der Waals surface area contributed by atoms with Crippen LogP contribution in [0.5, 0.6) is 0 Å². The zero-order valence-electron chi connectivity index (χ0n) is 13.2. The molecule has 24 heavy (non-hydrogen) atoms. The third-order valence-corrected chi connectivity index (χ3v) is 4.25. The van der Waals surface area contributed by atoms with Crippen LogP contribution < -0.4 is 10.3 Å². The number of carbonyl (C=O) groups is 1. The molecule has 2 N–H and O–H groups in total. The number of aliphatic hydroxyl groups excluding tert-OH is 1. The van der Waals surface area contributed by atoms with Gasteiger partial charge in [0, 0.05) is 25.8 Å². The summed E-state index contributed by atoms with van der Waals surface area (Å²) in [5.41, 5.74) is -0.922. The Balaban J connectivity index is 2.22. The Morgan fingerprint density at radius 2 is 2.25 bits per heavy atom. The van der Waals surface area contributed by atoms with Crippen molar-refractivity contribution in [2.75, 3.05) is 18.0 Å². The van der Waals surface area contributed by atoms with E-state index >= 15 is 0 Å². The second-order valence-corrected chi connectivity index (χ2v) is 5.87. The number of piperidine rings is 1. The summed E-state index contributed by atoms with van der Waals surface area (Å²) in [5, 5.41) is 18.9. The van der Waals surface area contributed by atoms with Crippen molar-refractivity contribution in [2.45, 2.75) is 32.4 Å². The molecule has 0 radical (unpaired) electrons. The first kappa shape index (κ1) is 16.4. The number of aromatic carboxylic acids is 1. The van der Waals surface area contributed by atoms with Crippen LogP contribution in [0.1, 0.15) is 30.1 Å². The summed E-state index contributed by atoms with van der Waals surface area (Å²) < 4.78 is 16.0. The van der Waals surface area contributed by atoms with E-state index in [-0.39, 0.29) is 23.4 Å². The molecule has 128 valence electrons. The Hall–Kier alpha value is -2.48. The lowest BCUT2D eigenvalue weighted by Gasteiger charge is -2.31. The lowest BCUT2D eigenvalue weighted by molar-refractivity contribution is 0.0694. The van der Waals surface area contributed by atoms with Crippen molar-refractivity contribution < 1.29 is 19.4 Å². The molecule has 3 heterocycles. The van der Waals surface area contributed by atoms with Crippen LogP contribution in [0.15, 0.2) is 17.1 Å². The molecule has 2 aromatic rings. The van der Waals surface area contributed by atoms with Crippen molar-refractivity contribution in [1.29, 1.82) is 0 Å². The summed E-state index contributed by atoms with van der Waals surface area (Å²) in [6.07, 6.45) is 2.07. The smallest absolute Gasteiger partial charge is 0.341 e. The van der Waals surface area contributed by atoms with E-state index in [0.717, 1.165) is 12.5 Å². The average Bonchev–Trinajstić information content (AvgIpc) is 2.55. The van der Waals surface area contributed by atoms with Crippen LogP contribution in [0, 0.1) is 5.82 Å². The number of aromatic nitrogens is 2. The summed E-state index contributed by atoms with van der Waals surface area (Å²) in [6.45, 7) is 3.01. The number of rotatable bonds is 3. The number of aliphatic hydroxyl groups is 1. The quantitative estimate of drug-likeness (QED) is 0.875. The minimum atomic E-state index is -1.35. The maximum atomic E-state index is 14.5. The average molecular weight is 335 g/mol. The minimum absolute atomic E-state index is 0.0597. The van der Waals surface area contributed by atoms with Gasteiger partial charge in [-0.2, -0.15) is 0 Å². The molecule has 2 aromatic heterocycles. The number of pyridine rings is 2. The largest absolute Gasteiger partial charge is 0.477 e. The summed E-state index contributed by atoms with van der Waals surface area (Å²) >= 11 is 0. The molecule has 1 unspecified atom stereocenters. The number of β-amino-alcohol motifs (C(OH)–C–C–N with tert-alkyl or cyclic N) is 1. The van der Waals surface area contributed by atoms with Crippen LogP contribution in [0.4, 0.5) is 10.2 Å². The highest BCUT2D eigenvalue weighted by molar-refractivity contribution is 5.92. The Labute approximate surface area is 137 Å². The van der Waals surface area contributed by atoms with Gasteiger partial charge in [-0.05, 0) is 25.8 Å². The van der Waals surface area contributed by atoms with Crippen LogP contribution in [-0.2, 0) is 6.54 Å². The van der Waals surface area contributed by atoms with Gasteiger partial charge in [0.05, 0.1) is 11.5 Å². The molecule has 1 atom stereocenters. The Morgan fingerprint density at radius 3 is 2.88 bits per heavy atom. The van der Waals surface area contributed by atoms with Crippen LogP contribution in [0.3, 0.4) is 0 Å². The molecule has 0 aliphatic carbocycles. The molecule has 7 nitrogen and oxygen atoms in total. The highest BCUT2D eigenvalue weighted by atomic mass is 19.1. The third kappa shape index (κ3) is 2.73. The minimum Gasteiger partial charge on any atom is -0.477 e. The topological polar surface area (TPSA) is 95.7 Å². The monoisotopic (exact) mass is 335 g/mol. The second kappa shape index (κ2) is 6.20. The lowest BCUT2D eigenvalue weighted by Crippen LogP contribution is -2.39. The number of hydrogen-bond donors (Lipinski definition) is 2. The molecule has 0 saturated carbocycles. The van der Waals surface area contributed by atoms with Crippen molar-refractivity contribution in [3.8, 4) is 0 Å². The molecule has 1 aliphatic heterocycles. The predicted molar refractivity (Wildman–Crippen MR) is 86.0 cm³/mol. The Kier molecular flexibility index (Phi) is 4.23. The molecule has 1 saturated heterocycles.